The third kappa shape index (κ3) is 2.17. The van der Waals surface area contributed by atoms with Crippen molar-refractivity contribution < 1.29 is 9.47 Å². The first-order chi connectivity index (χ1) is 9.28. The van der Waals surface area contributed by atoms with Gasteiger partial charge < -0.3 is 20.1 Å². The largest absolute Gasteiger partial charge is 0.497 e. The van der Waals surface area contributed by atoms with Crippen molar-refractivity contribution in [3.63, 3.8) is 0 Å². The number of hydrogen-bond acceptors (Lipinski definition) is 4. The monoisotopic (exact) mass is 256 g/mol. The van der Waals surface area contributed by atoms with E-state index in [1.807, 2.05) is 42.5 Å². The van der Waals surface area contributed by atoms with Gasteiger partial charge in [-0.15, -0.1) is 0 Å². The van der Waals surface area contributed by atoms with E-state index in [2.05, 4.69) is 4.90 Å². The lowest BCUT2D eigenvalue weighted by molar-refractivity contribution is 0.314. The van der Waals surface area contributed by atoms with Crippen LogP contribution in [-0.4, -0.2) is 20.3 Å². The Balaban J connectivity index is 1.98. The van der Waals surface area contributed by atoms with Gasteiger partial charge >= 0.3 is 0 Å². The molecule has 0 bridgehead atoms. The summed E-state index contributed by atoms with van der Waals surface area (Å²) in [5.74, 6) is 1.69. The molecule has 98 valence electrons. The van der Waals surface area contributed by atoms with Gasteiger partial charge in [-0.1, -0.05) is 0 Å². The van der Waals surface area contributed by atoms with Crippen molar-refractivity contribution in [2.24, 2.45) is 0 Å². The molecule has 4 heteroatoms. The van der Waals surface area contributed by atoms with Crippen LogP contribution in [0.3, 0.4) is 0 Å². The Morgan fingerprint density at radius 2 is 1.95 bits per heavy atom. The highest BCUT2D eigenvalue weighted by Crippen LogP contribution is 2.38. The second-order valence-electron chi connectivity index (χ2n) is 4.43. The molecule has 19 heavy (non-hydrogen) atoms. The zero-order valence-electron chi connectivity index (χ0n) is 10.8. The summed E-state index contributed by atoms with van der Waals surface area (Å²) in [6.07, 6.45) is 0. The molecular weight excluding hydrogens is 240 g/mol. The fourth-order valence-corrected chi connectivity index (χ4v) is 2.27. The molecule has 0 radical (unpaired) electrons. The quantitative estimate of drug-likeness (QED) is 0.839. The third-order valence-electron chi connectivity index (χ3n) is 3.23. The molecule has 2 aromatic rings. The van der Waals surface area contributed by atoms with Crippen molar-refractivity contribution in [1.82, 2.24) is 0 Å². The van der Waals surface area contributed by atoms with Crippen LogP contribution < -0.4 is 20.1 Å². The van der Waals surface area contributed by atoms with E-state index in [0.717, 1.165) is 35.1 Å². The minimum Gasteiger partial charge on any atom is -0.497 e. The molecule has 3 rings (SSSR count). The van der Waals surface area contributed by atoms with Gasteiger partial charge in [-0.3, -0.25) is 0 Å². The first kappa shape index (κ1) is 11.7. The number of nitrogen functional groups attached to an aromatic ring is 1. The van der Waals surface area contributed by atoms with Gasteiger partial charge in [0.1, 0.15) is 18.1 Å². The highest BCUT2D eigenvalue weighted by molar-refractivity contribution is 5.73. The van der Waals surface area contributed by atoms with Crippen LogP contribution in [0.25, 0.3) is 0 Å². The molecule has 0 saturated carbocycles. The molecule has 1 aliphatic heterocycles. The Kier molecular flexibility index (Phi) is 2.91. The lowest BCUT2D eigenvalue weighted by atomic mass is 10.2. The summed E-state index contributed by atoms with van der Waals surface area (Å²) in [6, 6.07) is 13.8. The highest BCUT2D eigenvalue weighted by Gasteiger charge is 2.19. The molecular formula is C15H16N2O2. The molecule has 2 aromatic carbocycles. The zero-order valence-corrected chi connectivity index (χ0v) is 10.8. The third-order valence-corrected chi connectivity index (χ3v) is 3.23. The Morgan fingerprint density at radius 3 is 2.68 bits per heavy atom. The molecule has 4 nitrogen and oxygen atoms in total. The van der Waals surface area contributed by atoms with Crippen LogP contribution in [0.15, 0.2) is 42.5 Å². The van der Waals surface area contributed by atoms with Crippen molar-refractivity contribution in [2.45, 2.75) is 0 Å². The Bertz CT molecular complexity index is 581. The number of nitrogens with two attached hydrogens (primary N) is 1. The minimum absolute atomic E-state index is 0.655. The number of nitrogens with zero attached hydrogens (tertiary/aromatic N) is 1. The average molecular weight is 256 g/mol. The number of ether oxygens (including phenoxy) is 2. The molecule has 0 atom stereocenters. The zero-order chi connectivity index (χ0) is 13.2. The smallest absolute Gasteiger partial charge is 0.145 e. The Labute approximate surface area is 112 Å². The van der Waals surface area contributed by atoms with Crippen LogP contribution in [0.1, 0.15) is 0 Å². The first-order valence-electron chi connectivity index (χ1n) is 6.22. The molecule has 0 unspecified atom stereocenters. The average Bonchev–Trinajstić information content (AvgIpc) is 2.46. The van der Waals surface area contributed by atoms with Crippen LogP contribution in [0.4, 0.5) is 17.1 Å². The summed E-state index contributed by atoms with van der Waals surface area (Å²) in [4.78, 5) is 2.22. The number of fused-ring (bicyclic) bond motifs is 1. The maximum absolute atomic E-state index is 5.79. The molecule has 0 aliphatic carbocycles. The SMILES string of the molecule is COc1ccc(N2CCOc3cc(N)ccc32)cc1. The Hall–Kier alpha value is -2.36. The summed E-state index contributed by atoms with van der Waals surface area (Å²) in [6.45, 7) is 1.48. The summed E-state index contributed by atoms with van der Waals surface area (Å²) in [5.41, 5.74) is 8.67. The van der Waals surface area contributed by atoms with Crippen LogP contribution in [0.2, 0.25) is 0 Å². The van der Waals surface area contributed by atoms with Crippen molar-refractivity contribution in [2.75, 3.05) is 30.9 Å². The lowest BCUT2D eigenvalue weighted by Gasteiger charge is -2.31. The number of anilines is 3. The van der Waals surface area contributed by atoms with Gasteiger partial charge in [0.15, 0.2) is 0 Å². The van der Waals surface area contributed by atoms with E-state index in [4.69, 9.17) is 15.2 Å². The molecule has 2 N–H and O–H groups in total. The van der Waals surface area contributed by atoms with Gasteiger partial charge in [-0.25, -0.2) is 0 Å². The van der Waals surface area contributed by atoms with Crippen molar-refractivity contribution in [1.29, 1.82) is 0 Å². The predicted molar refractivity (Wildman–Crippen MR) is 76.3 cm³/mol. The summed E-state index contributed by atoms with van der Waals surface area (Å²) >= 11 is 0. The molecule has 1 aliphatic rings. The summed E-state index contributed by atoms with van der Waals surface area (Å²) in [5, 5.41) is 0. The fraction of sp³-hybridized carbons (Fsp3) is 0.200. The number of methoxy groups -OCH3 is 1. The Morgan fingerprint density at radius 1 is 1.16 bits per heavy atom. The predicted octanol–water partition coefficient (Wildman–Crippen LogP) is 2.81. The van der Waals surface area contributed by atoms with Gasteiger partial charge in [-0.05, 0) is 36.4 Å². The van der Waals surface area contributed by atoms with Crippen molar-refractivity contribution in [3.05, 3.63) is 42.5 Å². The topological polar surface area (TPSA) is 47.7 Å². The second-order valence-corrected chi connectivity index (χ2v) is 4.43. The van der Waals surface area contributed by atoms with E-state index in [-0.39, 0.29) is 0 Å². The molecule has 0 saturated heterocycles. The molecule has 0 spiro atoms. The summed E-state index contributed by atoms with van der Waals surface area (Å²) < 4.78 is 10.8. The van der Waals surface area contributed by atoms with E-state index in [0.29, 0.717) is 6.61 Å². The molecule has 0 fully saturated rings. The first-order valence-corrected chi connectivity index (χ1v) is 6.22. The fourth-order valence-electron chi connectivity index (χ4n) is 2.27. The van der Waals surface area contributed by atoms with E-state index < -0.39 is 0 Å². The van der Waals surface area contributed by atoms with Crippen LogP contribution in [-0.2, 0) is 0 Å². The van der Waals surface area contributed by atoms with Crippen LogP contribution in [0.5, 0.6) is 11.5 Å². The van der Waals surface area contributed by atoms with Gasteiger partial charge in [0, 0.05) is 17.4 Å². The van der Waals surface area contributed by atoms with Crippen LogP contribution >= 0.6 is 0 Å². The maximum Gasteiger partial charge on any atom is 0.145 e. The van der Waals surface area contributed by atoms with Gasteiger partial charge in [0.25, 0.3) is 0 Å². The van der Waals surface area contributed by atoms with Crippen molar-refractivity contribution in [3.8, 4) is 11.5 Å². The molecule has 1 heterocycles. The van der Waals surface area contributed by atoms with E-state index in [1.54, 1.807) is 7.11 Å². The lowest BCUT2D eigenvalue weighted by Crippen LogP contribution is -2.28. The maximum atomic E-state index is 5.79. The summed E-state index contributed by atoms with van der Waals surface area (Å²) in [7, 11) is 1.67. The normalized spacial score (nSPS) is 13.6. The van der Waals surface area contributed by atoms with Gasteiger partial charge in [0.2, 0.25) is 0 Å². The van der Waals surface area contributed by atoms with Gasteiger partial charge in [0.05, 0.1) is 19.3 Å². The number of benzene rings is 2. The highest BCUT2D eigenvalue weighted by atomic mass is 16.5. The molecule has 0 amide bonds. The number of rotatable bonds is 2. The second kappa shape index (κ2) is 4.72. The van der Waals surface area contributed by atoms with Crippen molar-refractivity contribution >= 4 is 17.1 Å². The standard InChI is InChI=1S/C15H16N2O2/c1-18-13-5-3-12(4-6-13)17-8-9-19-15-10-11(16)2-7-14(15)17/h2-7,10H,8-9,16H2,1H3. The van der Waals surface area contributed by atoms with Crippen LogP contribution in [0, 0.1) is 0 Å². The number of hydrogen-bond donors (Lipinski definition) is 1. The van der Waals surface area contributed by atoms with E-state index in [1.165, 1.54) is 0 Å². The van der Waals surface area contributed by atoms with E-state index >= 15 is 0 Å². The molecule has 0 aromatic heterocycles. The van der Waals surface area contributed by atoms with Gasteiger partial charge in [-0.2, -0.15) is 0 Å². The van der Waals surface area contributed by atoms with E-state index in [9.17, 15) is 0 Å². The minimum atomic E-state index is 0.655.